The van der Waals surface area contributed by atoms with Crippen LogP contribution in [0.3, 0.4) is 0 Å². The summed E-state index contributed by atoms with van der Waals surface area (Å²) >= 11 is 3.27. The lowest BCUT2D eigenvalue weighted by Crippen LogP contribution is -2.20. The Morgan fingerprint density at radius 2 is 2.33 bits per heavy atom. The minimum Gasteiger partial charge on any atom is -0.453 e. The lowest BCUT2D eigenvalue weighted by atomic mass is 10.2. The molecule has 1 N–H and O–H groups in total. The standard InChI is InChI=1S/C10H16BrNO2S/c1-8(9-4-5-10(11)14-9)12-6-3-7-15(2)13/h4-5,8,12H,3,6-7H2,1-2H3. The number of nitrogens with one attached hydrogen (secondary N) is 1. The molecule has 1 heterocycles. The second-order valence-corrected chi connectivity index (χ2v) is 5.78. The van der Waals surface area contributed by atoms with Gasteiger partial charge in [-0.2, -0.15) is 0 Å². The van der Waals surface area contributed by atoms with Gasteiger partial charge in [0.05, 0.1) is 6.04 Å². The summed E-state index contributed by atoms with van der Waals surface area (Å²) in [5.41, 5.74) is 0. The maximum absolute atomic E-state index is 10.8. The van der Waals surface area contributed by atoms with Gasteiger partial charge in [-0.05, 0) is 48.0 Å². The normalized spacial score (nSPS) is 15.1. The van der Waals surface area contributed by atoms with Crippen molar-refractivity contribution in [3.8, 4) is 0 Å². The van der Waals surface area contributed by atoms with Gasteiger partial charge in [0.15, 0.2) is 4.67 Å². The Bertz CT molecular complexity index is 327. The molecule has 0 radical (unpaired) electrons. The second-order valence-electron chi connectivity index (χ2n) is 3.45. The number of rotatable bonds is 6. The molecule has 0 aliphatic carbocycles. The Hall–Kier alpha value is -0.130. The van der Waals surface area contributed by atoms with Crippen molar-refractivity contribution in [1.82, 2.24) is 5.32 Å². The molecule has 5 heteroatoms. The van der Waals surface area contributed by atoms with Crippen LogP contribution in [0.2, 0.25) is 0 Å². The van der Waals surface area contributed by atoms with E-state index >= 15 is 0 Å². The number of halogens is 1. The van der Waals surface area contributed by atoms with Crippen LogP contribution >= 0.6 is 15.9 Å². The summed E-state index contributed by atoms with van der Waals surface area (Å²) in [5.74, 6) is 1.67. The minimum atomic E-state index is -0.692. The zero-order valence-corrected chi connectivity index (χ0v) is 11.4. The molecule has 15 heavy (non-hydrogen) atoms. The van der Waals surface area contributed by atoms with E-state index in [1.165, 1.54) is 0 Å². The first kappa shape index (κ1) is 12.9. The van der Waals surface area contributed by atoms with Gasteiger partial charge in [-0.25, -0.2) is 0 Å². The Labute approximate surface area is 101 Å². The Morgan fingerprint density at radius 3 is 2.87 bits per heavy atom. The fraction of sp³-hybridized carbons (Fsp3) is 0.600. The molecule has 1 rings (SSSR count). The van der Waals surface area contributed by atoms with Crippen molar-refractivity contribution < 1.29 is 8.63 Å². The molecule has 2 atom stereocenters. The van der Waals surface area contributed by atoms with E-state index < -0.39 is 10.8 Å². The molecule has 0 aromatic carbocycles. The Balaban J connectivity index is 2.24. The summed E-state index contributed by atoms with van der Waals surface area (Å²) in [6.45, 7) is 2.91. The predicted molar refractivity (Wildman–Crippen MR) is 66.4 cm³/mol. The molecule has 0 aliphatic rings. The molecule has 0 saturated heterocycles. The Kier molecular flexibility index (Phi) is 5.56. The van der Waals surface area contributed by atoms with Gasteiger partial charge in [0, 0.05) is 22.8 Å². The topological polar surface area (TPSA) is 42.2 Å². The van der Waals surface area contributed by atoms with Crippen molar-refractivity contribution in [3.05, 3.63) is 22.6 Å². The van der Waals surface area contributed by atoms with E-state index in [2.05, 4.69) is 21.2 Å². The highest BCUT2D eigenvalue weighted by atomic mass is 79.9. The third-order valence-electron chi connectivity index (χ3n) is 2.08. The van der Waals surface area contributed by atoms with E-state index in [1.807, 2.05) is 19.1 Å². The lowest BCUT2D eigenvalue weighted by Gasteiger charge is -2.10. The first-order chi connectivity index (χ1) is 7.09. The van der Waals surface area contributed by atoms with E-state index in [-0.39, 0.29) is 6.04 Å². The van der Waals surface area contributed by atoms with E-state index in [0.29, 0.717) is 0 Å². The monoisotopic (exact) mass is 293 g/mol. The van der Waals surface area contributed by atoms with Gasteiger partial charge in [0.25, 0.3) is 0 Å². The van der Waals surface area contributed by atoms with Gasteiger partial charge in [0.2, 0.25) is 0 Å². The number of furan rings is 1. The third-order valence-corrected chi connectivity index (χ3v) is 3.37. The molecular formula is C10H16BrNO2S. The molecule has 0 aliphatic heterocycles. The van der Waals surface area contributed by atoms with E-state index in [9.17, 15) is 4.21 Å². The predicted octanol–water partition coefficient (Wildman–Crippen LogP) is 2.46. The smallest absolute Gasteiger partial charge is 0.169 e. The first-order valence-electron chi connectivity index (χ1n) is 4.88. The zero-order chi connectivity index (χ0) is 11.3. The van der Waals surface area contributed by atoms with E-state index in [4.69, 9.17) is 4.42 Å². The van der Waals surface area contributed by atoms with Crippen molar-refractivity contribution >= 4 is 26.7 Å². The summed E-state index contributed by atoms with van der Waals surface area (Å²) in [4.78, 5) is 0. The molecule has 86 valence electrons. The van der Waals surface area contributed by atoms with Gasteiger partial charge >= 0.3 is 0 Å². The van der Waals surface area contributed by atoms with E-state index in [0.717, 1.165) is 29.1 Å². The highest BCUT2D eigenvalue weighted by molar-refractivity contribution is 9.10. The molecule has 1 aromatic heterocycles. The van der Waals surface area contributed by atoms with Gasteiger partial charge in [0.1, 0.15) is 5.76 Å². The van der Waals surface area contributed by atoms with Crippen LogP contribution in [0.1, 0.15) is 25.1 Å². The summed E-state index contributed by atoms with van der Waals surface area (Å²) in [6.07, 6.45) is 2.66. The van der Waals surface area contributed by atoms with Crippen LogP contribution < -0.4 is 5.32 Å². The highest BCUT2D eigenvalue weighted by Gasteiger charge is 2.08. The van der Waals surface area contributed by atoms with Crippen LogP contribution in [0, 0.1) is 0 Å². The fourth-order valence-electron chi connectivity index (χ4n) is 1.26. The maximum Gasteiger partial charge on any atom is 0.169 e. The molecule has 0 fully saturated rings. The van der Waals surface area contributed by atoms with Crippen LogP contribution in [-0.4, -0.2) is 22.8 Å². The maximum atomic E-state index is 10.8. The highest BCUT2D eigenvalue weighted by Crippen LogP contribution is 2.19. The second kappa shape index (κ2) is 6.45. The molecule has 0 spiro atoms. The van der Waals surface area contributed by atoms with Crippen molar-refractivity contribution in [2.45, 2.75) is 19.4 Å². The molecule has 2 unspecified atom stereocenters. The van der Waals surface area contributed by atoms with Gasteiger partial charge in [-0.3, -0.25) is 4.21 Å². The zero-order valence-electron chi connectivity index (χ0n) is 8.96. The van der Waals surface area contributed by atoms with Gasteiger partial charge in [-0.1, -0.05) is 0 Å². The molecular weight excluding hydrogens is 278 g/mol. The minimum absolute atomic E-state index is 0.196. The summed E-state index contributed by atoms with van der Waals surface area (Å²) in [5, 5.41) is 3.32. The third kappa shape index (κ3) is 4.95. The van der Waals surface area contributed by atoms with Gasteiger partial charge < -0.3 is 9.73 Å². The largest absolute Gasteiger partial charge is 0.453 e. The first-order valence-corrected chi connectivity index (χ1v) is 7.40. The average molecular weight is 294 g/mol. The van der Waals surface area contributed by atoms with E-state index in [1.54, 1.807) is 6.26 Å². The molecule has 0 bridgehead atoms. The van der Waals surface area contributed by atoms with Crippen molar-refractivity contribution in [1.29, 1.82) is 0 Å². The molecule has 0 saturated carbocycles. The quantitative estimate of drug-likeness (QED) is 0.820. The van der Waals surface area contributed by atoms with Crippen LogP contribution in [0.4, 0.5) is 0 Å². The Morgan fingerprint density at radius 1 is 1.60 bits per heavy atom. The summed E-state index contributed by atoms with van der Waals surface area (Å²) in [6, 6.07) is 4.02. The summed E-state index contributed by atoms with van der Waals surface area (Å²) < 4.78 is 17.0. The van der Waals surface area contributed by atoms with Crippen LogP contribution in [0.5, 0.6) is 0 Å². The van der Waals surface area contributed by atoms with Crippen LogP contribution in [-0.2, 0) is 10.8 Å². The fourth-order valence-corrected chi connectivity index (χ4v) is 2.13. The molecule has 3 nitrogen and oxygen atoms in total. The number of hydrogen-bond acceptors (Lipinski definition) is 3. The van der Waals surface area contributed by atoms with Crippen molar-refractivity contribution in [2.75, 3.05) is 18.6 Å². The van der Waals surface area contributed by atoms with Crippen molar-refractivity contribution in [3.63, 3.8) is 0 Å². The summed E-state index contributed by atoms with van der Waals surface area (Å²) in [7, 11) is -0.692. The lowest BCUT2D eigenvalue weighted by molar-refractivity contribution is 0.419. The van der Waals surface area contributed by atoms with Crippen molar-refractivity contribution in [2.24, 2.45) is 0 Å². The SMILES string of the molecule is CC(NCCCS(C)=O)c1ccc(Br)o1. The van der Waals surface area contributed by atoms with Crippen LogP contribution in [0.15, 0.2) is 21.2 Å². The van der Waals surface area contributed by atoms with Crippen LogP contribution in [0.25, 0.3) is 0 Å². The van der Waals surface area contributed by atoms with Gasteiger partial charge in [-0.15, -0.1) is 0 Å². The average Bonchev–Trinajstić information content (AvgIpc) is 2.59. The molecule has 1 aromatic rings. The number of hydrogen-bond donors (Lipinski definition) is 1. The molecule has 0 amide bonds.